The van der Waals surface area contributed by atoms with E-state index in [1.165, 1.54) is 0 Å². The molecule has 3 aromatic rings. The van der Waals surface area contributed by atoms with E-state index in [4.69, 9.17) is 12.2 Å². The van der Waals surface area contributed by atoms with Crippen molar-refractivity contribution in [3.8, 4) is 11.1 Å². The number of fused-ring (bicyclic) bond motifs is 1. The van der Waals surface area contributed by atoms with E-state index in [1.807, 2.05) is 37.4 Å². The molecule has 0 saturated heterocycles. The summed E-state index contributed by atoms with van der Waals surface area (Å²) in [7, 11) is 0. The highest BCUT2D eigenvalue weighted by Gasteiger charge is 2.12. The lowest BCUT2D eigenvalue weighted by Crippen LogP contribution is -2.12. The molecule has 0 saturated carbocycles. The normalized spacial score (nSPS) is 10.9. The van der Waals surface area contributed by atoms with Gasteiger partial charge in [0.2, 0.25) is 0 Å². The molecule has 2 heterocycles. The Morgan fingerprint density at radius 3 is 2.72 bits per heavy atom. The highest BCUT2D eigenvalue weighted by Crippen LogP contribution is 2.27. The third-order valence-corrected chi connectivity index (χ3v) is 3.19. The van der Waals surface area contributed by atoms with E-state index in [9.17, 15) is 4.79 Å². The van der Waals surface area contributed by atoms with Gasteiger partial charge >= 0.3 is 0 Å². The summed E-state index contributed by atoms with van der Waals surface area (Å²) in [6.07, 6.45) is 1.85. The Balaban J connectivity index is 2.40. The molecule has 0 amide bonds. The fourth-order valence-electron chi connectivity index (χ4n) is 2.20. The molecule has 0 radical (unpaired) electrons. The molecule has 4 nitrogen and oxygen atoms in total. The molecule has 0 spiro atoms. The predicted octanol–water partition coefficient (Wildman–Crippen LogP) is 2.89. The van der Waals surface area contributed by atoms with Gasteiger partial charge in [0.25, 0.3) is 5.56 Å². The lowest BCUT2D eigenvalue weighted by Gasteiger charge is -2.03. The largest absolute Gasteiger partial charge is 0.361 e. The molecule has 3 N–H and O–H groups in total. The number of aromatic nitrogens is 3. The molecule has 0 aliphatic heterocycles. The number of rotatable bonds is 1. The van der Waals surface area contributed by atoms with Crippen LogP contribution in [0.25, 0.3) is 22.0 Å². The van der Waals surface area contributed by atoms with E-state index in [1.54, 1.807) is 0 Å². The smallest absolute Gasteiger partial charge is 0.259 e. The molecular formula is C13H11N3OS. The predicted molar refractivity (Wildman–Crippen MR) is 74.3 cm³/mol. The summed E-state index contributed by atoms with van der Waals surface area (Å²) in [6, 6.07) is 7.88. The number of aromatic amines is 3. The Labute approximate surface area is 108 Å². The van der Waals surface area contributed by atoms with E-state index in [0.717, 1.165) is 22.2 Å². The minimum atomic E-state index is -0.166. The van der Waals surface area contributed by atoms with Gasteiger partial charge in [0.15, 0.2) is 4.77 Å². The zero-order valence-corrected chi connectivity index (χ0v) is 10.5. The van der Waals surface area contributed by atoms with Crippen molar-refractivity contribution in [2.75, 3.05) is 0 Å². The van der Waals surface area contributed by atoms with Gasteiger partial charge in [-0.1, -0.05) is 18.2 Å². The number of nitrogens with one attached hydrogen (secondary N) is 3. The molecule has 0 unspecified atom stereocenters. The second kappa shape index (κ2) is 3.96. The molecule has 2 aromatic heterocycles. The highest BCUT2D eigenvalue weighted by molar-refractivity contribution is 7.71. The summed E-state index contributed by atoms with van der Waals surface area (Å²) in [6.45, 7) is 1.85. The van der Waals surface area contributed by atoms with Crippen LogP contribution < -0.4 is 5.56 Å². The van der Waals surface area contributed by atoms with Crippen LogP contribution in [-0.4, -0.2) is 15.0 Å². The molecule has 0 aliphatic rings. The summed E-state index contributed by atoms with van der Waals surface area (Å²) in [5, 5.41) is 1.02. The average molecular weight is 257 g/mol. The molecule has 0 bridgehead atoms. The average Bonchev–Trinajstić information content (AvgIpc) is 2.72. The fourth-order valence-corrected chi connectivity index (χ4v) is 2.45. The molecular weight excluding hydrogens is 246 g/mol. The molecule has 3 rings (SSSR count). The first-order valence-electron chi connectivity index (χ1n) is 5.56. The third-order valence-electron chi connectivity index (χ3n) is 2.99. The Morgan fingerprint density at radius 1 is 1.17 bits per heavy atom. The van der Waals surface area contributed by atoms with Gasteiger partial charge in [-0.3, -0.25) is 9.78 Å². The Hall–Kier alpha value is -2.14. The van der Waals surface area contributed by atoms with Crippen molar-refractivity contribution in [3.05, 3.63) is 51.3 Å². The molecule has 1 aromatic carbocycles. The number of hydrogen-bond donors (Lipinski definition) is 3. The molecule has 0 aliphatic carbocycles. The van der Waals surface area contributed by atoms with Crippen molar-refractivity contribution < 1.29 is 0 Å². The summed E-state index contributed by atoms with van der Waals surface area (Å²) < 4.78 is 0.348. The van der Waals surface area contributed by atoms with Crippen LogP contribution in [0.5, 0.6) is 0 Å². The zero-order valence-electron chi connectivity index (χ0n) is 9.70. The van der Waals surface area contributed by atoms with Crippen molar-refractivity contribution in [1.82, 2.24) is 15.0 Å². The first-order valence-corrected chi connectivity index (χ1v) is 5.97. The minimum absolute atomic E-state index is 0.166. The molecule has 0 fully saturated rings. The van der Waals surface area contributed by atoms with E-state index in [-0.39, 0.29) is 5.56 Å². The zero-order chi connectivity index (χ0) is 12.7. The van der Waals surface area contributed by atoms with Gasteiger partial charge in [-0.2, -0.15) is 0 Å². The Bertz CT molecular complexity index is 841. The third kappa shape index (κ3) is 1.60. The first kappa shape index (κ1) is 11.0. The van der Waals surface area contributed by atoms with Gasteiger partial charge < -0.3 is 9.97 Å². The Kier molecular flexibility index (Phi) is 2.41. The molecule has 18 heavy (non-hydrogen) atoms. The van der Waals surface area contributed by atoms with Crippen LogP contribution in [0.3, 0.4) is 0 Å². The van der Waals surface area contributed by atoms with E-state index in [0.29, 0.717) is 10.3 Å². The summed E-state index contributed by atoms with van der Waals surface area (Å²) in [5.41, 5.74) is 3.12. The van der Waals surface area contributed by atoms with E-state index in [2.05, 4.69) is 15.0 Å². The first-order chi connectivity index (χ1) is 8.66. The number of hydrogen-bond acceptors (Lipinski definition) is 2. The lowest BCUT2D eigenvalue weighted by atomic mass is 10.1. The van der Waals surface area contributed by atoms with Crippen molar-refractivity contribution in [1.29, 1.82) is 0 Å². The maximum absolute atomic E-state index is 12.0. The summed E-state index contributed by atoms with van der Waals surface area (Å²) in [4.78, 5) is 20.8. The molecule has 0 atom stereocenters. The van der Waals surface area contributed by atoms with E-state index >= 15 is 0 Å². The van der Waals surface area contributed by atoms with Crippen LogP contribution in [0, 0.1) is 11.7 Å². The van der Waals surface area contributed by atoms with Crippen molar-refractivity contribution in [2.24, 2.45) is 0 Å². The summed E-state index contributed by atoms with van der Waals surface area (Å²) in [5.74, 6) is 0. The fraction of sp³-hybridized carbons (Fsp3) is 0.0769. The van der Waals surface area contributed by atoms with Gasteiger partial charge in [0.1, 0.15) is 0 Å². The number of para-hydroxylation sites is 1. The standard InChI is InChI=1S/C13H11N3OS/c1-7-11(12(17)16-13(18)15-7)9-6-14-10-5-3-2-4-8(9)10/h2-6,14H,1H3,(H2,15,16,17,18). The van der Waals surface area contributed by atoms with Crippen molar-refractivity contribution >= 4 is 23.1 Å². The van der Waals surface area contributed by atoms with Crippen LogP contribution >= 0.6 is 12.2 Å². The van der Waals surface area contributed by atoms with Crippen LogP contribution in [0.4, 0.5) is 0 Å². The topological polar surface area (TPSA) is 64.4 Å². The highest BCUT2D eigenvalue weighted by atomic mass is 32.1. The molecule has 90 valence electrons. The van der Waals surface area contributed by atoms with Crippen molar-refractivity contribution in [2.45, 2.75) is 6.92 Å². The summed E-state index contributed by atoms with van der Waals surface area (Å²) >= 11 is 4.95. The number of benzene rings is 1. The van der Waals surface area contributed by atoms with Gasteiger partial charge in [-0.25, -0.2) is 0 Å². The van der Waals surface area contributed by atoms with Crippen molar-refractivity contribution in [3.63, 3.8) is 0 Å². The van der Waals surface area contributed by atoms with Gasteiger partial charge in [-0.05, 0) is 25.2 Å². The second-order valence-corrected chi connectivity index (χ2v) is 4.56. The van der Waals surface area contributed by atoms with Crippen LogP contribution in [0.2, 0.25) is 0 Å². The van der Waals surface area contributed by atoms with Gasteiger partial charge in [0.05, 0.1) is 5.56 Å². The van der Waals surface area contributed by atoms with Crippen LogP contribution in [0.15, 0.2) is 35.3 Å². The number of H-pyrrole nitrogens is 3. The SMILES string of the molecule is Cc1[nH]c(=S)[nH]c(=O)c1-c1c[nH]c2ccccc12. The van der Waals surface area contributed by atoms with E-state index < -0.39 is 0 Å². The Morgan fingerprint density at radius 2 is 1.94 bits per heavy atom. The maximum atomic E-state index is 12.0. The van der Waals surface area contributed by atoms with Gasteiger partial charge in [-0.15, -0.1) is 0 Å². The van der Waals surface area contributed by atoms with Crippen LogP contribution in [0.1, 0.15) is 5.69 Å². The quantitative estimate of drug-likeness (QED) is 0.587. The van der Waals surface area contributed by atoms with Crippen LogP contribution in [-0.2, 0) is 0 Å². The minimum Gasteiger partial charge on any atom is -0.361 e. The maximum Gasteiger partial charge on any atom is 0.259 e. The number of aryl methyl sites for hydroxylation is 1. The monoisotopic (exact) mass is 257 g/mol. The molecule has 5 heteroatoms. The van der Waals surface area contributed by atoms with Gasteiger partial charge in [0, 0.05) is 28.4 Å². The second-order valence-electron chi connectivity index (χ2n) is 4.16. The lowest BCUT2D eigenvalue weighted by molar-refractivity contribution is 1.04.